The number of amides is 2. The summed E-state index contributed by atoms with van der Waals surface area (Å²) in [5.41, 5.74) is 0.776. The largest absolute Gasteiger partial charge is 0.454 e. The fraction of sp³-hybridized carbons (Fsp3) is 0.350. The quantitative estimate of drug-likeness (QED) is 0.723. The zero-order chi connectivity index (χ0) is 21.1. The van der Waals surface area contributed by atoms with Gasteiger partial charge in [-0.05, 0) is 48.9 Å². The molecular formula is C20H19F2N3O4S. The number of ether oxygens (including phenoxy) is 2. The fourth-order valence-corrected chi connectivity index (χ4v) is 4.04. The first-order valence-electron chi connectivity index (χ1n) is 9.41. The highest BCUT2D eigenvalue weighted by Gasteiger charge is 2.29. The van der Waals surface area contributed by atoms with Crippen molar-refractivity contribution in [3.8, 4) is 11.5 Å². The summed E-state index contributed by atoms with van der Waals surface area (Å²) in [6, 6.07) is 8.24. The van der Waals surface area contributed by atoms with Gasteiger partial charge in [-0.1, -0.05) is 0 Å². The average molecular weight is 435 g/mol. The maximum Gasteiger partial charge on any atom is 0.290 e. The summed E-state index contributed by atoms with van der Waals surface area (Å²) < 4.78 is 36.0. The Bertz CT molecular complexity index is 951. The molecule has 1 fully saturated rings. The highest BCUT2D eigenvalue weighted by molar-refractivity contribution is 7.99. The number of anilines is 1. The first-order valence-corrected chi connectivity index (χ1v) is 10.3. The molecule has 1 aromatic carbocycles. The van der Waals surface area contributed by atoms with Gasteiger partial charge < -0.3 is 19.7 Å². The third kappa shape index (κ3) is 4.48. The van der Waals surface area contributed by atoms with Crippen LogP contribution in [0.3, 0.4) is 0 Å². The van der Waals surface area contributed by atoms with Gasteiger partial charge in [0.1, 0.15) is 5.03 Å². The van der Waals surface area contributed by atoms with Gasteiger partial charge in [-0.25, -0.2) is 4.98 Å². The summed E-state index contributed by atoms with van der Waals surface area (Å²) in [6.45, 7) is 0.894. The maximum absolute atomic E-state index is 12.8. The molecule has 0 bridgehead atoms. The molecule has 3 heterocycles. The van der Waals surface area contributed by atoms with Crippen LogP contribution in [0.1, 0.15) is 23.2 Å². The van der Waals surface area contributed by atoms with Crippen molar-refractivity contribution in [2.24, 2.45) is 5.92 Å². The smallest absolute Gasteiger partial charge is 0.290 e. The van der Waals surface area contributed by atoms with Crippen molar-refractivity contribution < 1.29 is 27.8 Å². The molecule has 0 saturated carbocycles. The maximum atomic E-state index is 12.8. The Morgan fingerprint density at radius 1 is 1.17 bits per heavy atom. The predicted molar refractivity (Wildman–Crippen MR) is 106 cm³/mol. The van der Waals surface area contributed by atoms with E-state index in [0.29, 0.717) is 43.1 Å². The lowest BCUT2D eigenvalue weighted by Gasteiger charge is -2.31. The molecule has 2 aliphatic rings. The number of piperidine rings is 1. The van der Waals surface area contributed by atoms with E-state index in [2.05, 4.69) is 10.3 Å². The van der Waals surface area contributed by atoms with Gasteiger partial charge in [-0.2, -0.15) is 8.78 Å². The topological polar surface area (TPSA) is 80.8 Å². The summed E-state index contributed by atoms with van der Waals surface area (Å²) in [5, 5.41) is 2.89. The molecule has 7 nitrogen and oxygen atoms in total. The average Bonchev–Trinajstić information content (AvgIpc) is 3.21. The third-order valence-electron chi connectivity index (χ3n) is 5.00. The number of hydrogen-bond donors (Lipinski definition) is 1. The number of fused-ring (bicyclic) bond motifs is 1. The third-order valence-corrected chi connectivity index (χ3v) is 5.72. The minimum absolute atomic E-state index is 0.0141. The molecular weight excluding hydrogens is 416 g/mol. The van der Waals surface area contributed by atoms with E-state index in [9.17, 15) is 18.4 Å². The van der Waals surface area contributed by atoms with E-state index < -0.39 is 5.76 Å². The highest BCUT2D eigenvalue weighted by atomic mass is 32.2. The molecule has 1 N–H and O–H groups in total. The van der Waals surface area contributed by atoms with Crippen LogP contribution >= 0.6 is 11.8 Å². The van der Waals surface area contributed by atoms with Gasteiger partial charge in [-0.3, -0.25) is 9.59 Å². The number of carbonyl (C=O) groups is 2. The number of alkyl halides is 2. The molecule has 2 amide bonds. The summed E-state index contributed by atoms with van der Waals surface area (Å²) in [5.74, 6) is -2.15. The number of nitrogens with one attached hydrogen (secondary N) is 1. The van der Waals surface area contributed by atoms with Crippen LogP contribution in [0.2, 0.25) is 0 Å². The SMILES string of the molecule is O=C(Nc1ccc2c(c1)OCO2)C1CCN(C(=O)c2cccnc2SC(F)F)CC1. The first kappa shape index (κ1) is 20.4. The van der Waals surface area contributed by atoms with E-state index in [-0.39, 0.29) is 46.9 Å². The van der Waals surface area contributed by atoms with Gasteiger partial charge in [0.15, 0.2) is 11.5 Å². The number of pyridine rings is 1. The van der Waals surface area contributed by atoms with Crippen molar-refractivity contribution in [1.82, 2.24) is 9.88 Å². The summed E-state index contributed by atoms with van der Waals surface area (Å²) >= 11 is 0.257. The Morgan fingerprint density at radius 2 is 1.93 bits per heavy atom. The van der Waals surface area contributed by atoms with Crippen LogP contribution in [0.5, 0.6) is 11.5 Å². The Morgan fingerprint density at radius 3 is 2.70 bits per heavy atom. The van der Waals surface area contributed by atoms with Crippen LogP contribution in [-0.4, -0.2) is 47.3 Å². The summed E-state index contributed by atoms with van der Waals surface area (Å²) in [4.78, 5) is 30.9. The van der Waals surface area contributed by atoms with Crippen LogP contribution in [0.4, 0.5) is 14.5 Å². The van der Waals surface area contributed by atoms with Gasteiger partial charge >= 0.3 is 0 Å². The molecule has 0 spiro atoms. The Labute approximate surface area is 175 Å². The molecule has 2 aliphatic heterocycles. The van der Waals surface area contributed by atoms with Gasteiger partial charge in [-0.15, -0.1) is 0 Å². The highest BCUT2D eigenvalue weighted by Crippen LogP contribution is 2.34. The molecule has 2 aromatic rings. The van der Waals surface area contributed by atoms with Crippen molar-refractivity contribution in [2.45, 2.75) is 23.6 Å². The number of rotatable bonds is 5. The van der Waals surface area contributed by atoms with Crippen LogP contribution in [-0.2, 0) is 4.79 Å². The lowest BCUT2D eigenvalue weighted by Crippen LogP contribution is -2.41. The van der Waals surface area contributed by atoms with Crippen LogP contribution in [0.25, 0.3) is 0 Å². The second-order valence-electron chi connectivity index (χ2n) is 6.86. The van der Waals surface area contributed by atoms with E-state index in [1.165, 1.54) is 12.3 Å². The first-order chi connectivity index (χ1) is 14.5. The van der Waals surface area contributed by atoms with Gasteiger partial charge in [0.05, 0.1) is 5.56 Å². The number of hydrogen-bond acceptors (Lipinski definition) is 6. The monoisotopic (exact) mass is 435 g/mol. The standard InChI is InChI=1S/C20H19F2N3O4S/c21-20(22)30-18-14(2-1-7-23-18)19(27)25-8-5-12(6-9-25)17(26)24-13-3-4-15-16(10-13)29-11-28-15/h1-4,7,10,12,20H,5-6,8-9,11H2,(H,24,26). The van der Waals surface area contributed by atoms with E-state index in [0.717, 1.165) is 0 Å². The number of aromatic nitrogens is 1. The predicted octanol–water partition coefficient (Wildman–Crippen LogP) is 3.62. The van der Waals surface area contributed by atoms with Crippen molar-refractivity contribution in [3.05, 3.63) is 42.1 Å². The Hall–Kier alpha value is -2.88. The zero-order valence-electron chi connectivity index (χ0n) is 15.8. The minimum Gasteiger partial charge on any atom is -0.454 e. The van der Waals surface area contributed by atoms with Crippen molar-refractivity contribution in [3.63, 3.8) is 0 Å². The molecule has 0 aliphatic carbocycles. The van der Waals surface area contributed by atoms with E-state index in [4.69, 9.17) is 9.47 Å². The number of halogens is 2. The van der Waals surface area contributed by atoms with E-state index in [1.54, 1.807) is 29.2 Å². The number of benzene rings is 1. The fourth-order valence-electron chi connectivity index (χ4n) is 3.47. The molecule has 1 saturated heterocycles. The van der Waals surface area contributed by atoms with Crippen LogP contribution < -0.4 is 14.8 Å². The molecule has 0 unspecified atom stereocenters. The second-order valence-corrected chi connectivity index (χ2v) is 7.84. The van der Waals surface area contributed by atoms with Crippen LogP contribution in [0.15, 0.2) is 41.6 Å². The van der Waals surface area contributed by atoms with Crippen LogP contribution in [0, 0.1) is 5.92 Å². The molecule has 10 heteroatoms. The lowest BCUT2D eigenvalue weighted by molar-refractivity contribution is -0.121. The molecule has 0 radical (unpaired) electrons. The van der Waals surface area contributed by atoms with Crippen molar-refractivity contribution in [1.29, 1.82) is 0 Å². The number of nitrogens with zero attached hydrogens (tertiary/aromatic N) is 2. The molecule has 0 atom stereocenters. The van der Waals surface area contributed by atoms with Gasteiger partial charge in [0.2, 0.25) is 12.7 Å². The molecule has 158 valence electrons. The summed E-state index contributed by atoms with van der Waals surface area (Å²) in [6.07, 6.45) is 2.35. The second kappa shape index (κ2) is 8.86. The normalized spacial score (nSPS) is 16.0. The number of carbonyl (C=O) groups excluding carboxylic acids is 2. The lowest BCUT2D eigenvalue weighted by atomic mass is 9.95. The summed E-state index contributed by atoms with van der Waals surface area (Å²) in [7, 11) is 0. The Balaban J connectivity index is 1.34. The molecule has 1 aromatic heterocycles. The minimum atomic E-state index is -2.66. The van der Waals surface area contributed by atoms with E-state index >= 15 is 0 Å². The molecule has 30 heavy (non-hydrogen) atoms. The zero-order valence-corrected chi connectivity index (χ0v) is 16.7. The van der Waals surface area contributed by atoms with Gasteiger partial charge in [0, 0.05) is 37.0 Å². The van der Waals surface area contributed by atoms with E-state index in [1.807, 2.05) is 0 Å². The number of likely N-dealkylation sites (tertiary alicyclic amines) is 1. The van der Waals surface area contributed by atoms with Gasteiger partial charge in [0.25, 0.3) is 11.7 Å². The van der Waals surface area contributed by atoms with Crippen molar-refractivity contribution in [2.75, 3.05) is 25.2 Å². The molecule has 4 rings (SSSR count). The van der Waals surface area contributed by atoms with Crippen molar-refractivity contribution >= 4 is 29.3 Å². The number of thioether (sulfide) groups is 1. The Kier molecular flexibility index (Phi) is 6.03.